The number of nitrogens with one attached hydrogen (secondary N) is 1. The van der Waals surface area contributed by atoms with Gasteiger partial charge >= 0.3 is 0 Å². The second-order valence-corrected chi connectivity index (χ2v) is 5.82. The van der Waals surface area contributed by atoms with Crippen LogP contribution in [-0.2, 0) is 4.74 Å². The summed E-state index contributed by atoms with van der Waals surface area (Å²) < 4.78 is 11.3. The average molecular weight is 281 g/mol. The first-order valence-corrected chi connectivity index (χ1v) is 7.28. The summed E-state index contributed by atoms with van der Waals surface area (Å²) >= 11 is 1.33. The fraction of sp³-hybridized carbons (Fsp3) is 0.615. The number of hydrogen-bond acceptors (Lipinski definition) is 6. The van der Waals surface area contributed by atoms with Crippen molar-refractivity contribution in [1.29, 1.82) is 5.26 Å². The van der Waals surface area contributed by atoms with Gasteiger partial charge in [0.2, 0.25) is 0 Å². The van der Waals surface area contributed by atoms with Gasteiger partial charge in [-0.2, -0.15) is 5.26 Å². The quantitative estimate of drug-likeness (QED) is 0.867. The number of hydrogen-bond donors (Lipinski definition) is 2. The van der Waals surface area contributed by atoms with Crippen molar-refractivity contribution in [2.75, 3.05) is 24.2 Å². The van der Waals surface area contributed by atoms with Crippen LogP contribution in [0.2, 0.25) is 0 Å². The number of rotatable bonds is 5. The van der Waals surface area contributed by atoms with E-state index in [0.29, 0.717) is 16.3 Å². The van der Waals surface area contributed by atoms with Crippen molar-refractivity contribution < 1.29 is 9.47 Å². The number of thiophene rings is 1. The lowest BCUT2D eigenvalue weighted by Gasteiger charge is -2.14. The van der Waals surface area contributed by atoms with Gasteiger partial charge in [0.05, 0.1) is 12.2 Å². The Morgan fingerprint density at radius 2 is 2.42 bits per heavy atom. The third kappa shape index (κ3) is 3.31. The summed E-state index contributed by atoms with van der Waals surface area (Å²) in [4.78, 5) is 0.491. The van der Waals surface area contributed by atoms with Gasteiger partial charge in [-0.15, -0.1) is 11.3 Å². The van der Waals surface area contributed by atoms with Crippen LogP contribution in [0.5, 0.6) is 5.75 Å². The first-order valence-electron chi connectivity index (χ1n) is 6.46. The SMILES string of the molecule is CC(C)Oc1c(NCC2CCCO2)sc(C#N)c1N. The number of ether oxygens (including phenoxy) is 2. The summed E-state index contributed by atoms with van der Waals surface area (Å²) in [5.74, 6) is 0.592. The zero-order valence-corrected chi connectivity index (χ0v) is 12.0. The van der Waals surface area contributed by atoms with Crippen LogP contribution in [0.1, 0.15) is 31.6 Å². The molecule has 1 fully saturated rings. The third-order valence-electron chi connectivity index (χ3n) is 2.87. The molecule has 0 spiro atoms. The molecule has 1 saturated heterocycles. The summed E-state index contributed by atoms with van der Waals surface area (Å²) in [6.45, 7) is 5.43. The van der Waals surface area contributed by atoms with Crippen LogP contribution in [0.25, 0.3) is 0 Å². The largest absolute Gasteiger partial charge is 0.486 e. The van der Waals surface area contributed by atoms with E-state index in [9.17, 15) is 0 Å². The zero-order valence-electron chi connectivity index (χ0n) is 11.2. The Kier molecular flexibility index (Phi) is 4.51. The van der Waals surface area contributed by atoms with Gasteiger partial charge in [0.25, 0.3) is 0 Å². The monoisotopic (exact) mass is 281 g/mol. The van der Waals surface area contributed by atoms with Gasteiger partial charge in [-0.1, -0.05) is 0 Å². The van der Waals surface area contributed by atoms with Crippen LogP contribution < -0.4 is 15.8 Å². The van der Waals surface area contributed by atoms with Crippen LogP contribution in [0, 0.1) is 11.3 Å². The molecule has 1 aromatic rings. The molecule has 0 amide bonds. The molecule has 0 aliphatic carbocycles. The number of nitrogen functional groups attached to an aromatic ring is 1. The molecule has 104 valence electrons. The van der Waals surface area contributed by atoms with Crippen LogP contribution in [0.15, 0.2) is 0 Å². The Morgan fingerprint density at radius 1 is 1.63 bits per heavy atom. The van der Waals surface area contributed by atoms with E-state index >= 15 is 0 Å². The van der Waals surface area contributed by atoms with Crippen LogP contribution in [0.4, 0.5) is 10.7 Å². The Balaban J connectivity index is 2.11. The lowest BCUT2D eigenvalue weighted by Crippen LogP contribution is -2.18. The van der Waals surface area contributed by atoms with Gasteiger partial charge < -0.3 is 20.5 Å². The van der Waals surface area contributed by atoms with Crippen molar-refractivity contribution in [3.8, 4) is 11.8 Å². The van der Waals surface area contributed by atoms with E-state index in [2.05, 4.69) is 11.4 Å². The van der Waals surface area contributed by atoms with Crippen molar-refractivity contribution in [2.24, 2.45) is 0 Å². The highest BCUT2D eigenvalue weighted by Crippen LogP contribution is 2.42. The molecule has 5 nitrogen and oxygen atoms in total. The van der Waals surface area contributed by atoms with Crippen molar-refractivity contribution >= 4 is 22.0 Å². The molecule has 2 heterocycles. The van der Waals surface area contributed by atoms with Gasteiger partial charge in [-0.05, 0) is 26.7 Å². The Bertz CT molecular complexity index is 473. The maximum atomic E-state index is 9.04. The van der Waals surface area contributed by atoms with Crippen molar-refractivity contribution in [2.45, 2.75) is 38.9 Å². The molecule has 2 rings (SSSR count). The average Bonchev–Trinajstić information content (AvgIpc) is 2.97. The molecule has 1 atom stereocenters. The highest BCUT2D eigenvalue weighted by Gasteiger charge is 2.21. The van der Waals surface area contributed by atoms with Crippen molar-refractivity contribution in [3.05, 3.63) is 4.88 Å². The predicted octanol–water partition coefficient (Wildman–Crippen LogP) is 2.58. The van der Waals surface area contributed by atoms with E-state index in [1.54, 1.807) is 0 Å². The number of nitrogens with two attached hydrogens (primary N) is 1. The molecular formula is C13H19N3O2S. The normalized spacial score (nSPS) is 18.5. The van der Waals surface area contributed by atoms with E-state index in [1.165, 1.54) is 11.3 Å². The van der Waals surface area contributed by atoms with Gasteiger partial charge in [-0.25, -0.2) is 0 Å². The molecule has 6 heteroatoms. The molecular weight excluding hydrogens is 262 g/mol. The second-order valence-electron chi connectivity index (χ2n) is 4.80. The van der Waals surface area contributed by atoms with E-state index in [4.69, 9.17) is 20.5 Å². The Labute approximate surface area is 117 Å². The van der Waals surface area contributed by atoms with Crippen molar-refractivity contribution in [3.63, 3.8) is 0 Å². The van der Waals surface area contributed by atoms with Crippen LogP contribution >= 0.6 is 11.3 Å². The minimum Gasteiger partial charge on any atom is -0.486 e. The smallest absolute Gasteiger partial charge is 0.178 e. The van der Waals surface area contributed by atoms with E-state index in [1.807, 2.05) is 13.8 Å². The van der Waals surface area contributed by atoms with Gasteiger partial charge in [-0.3, -0.25) is 0 Å². The van der Waals surface area contributed by atoms with E-state index in [0.717, 1.165) is 31.0 Å². The molecule has 1 unspecified atom stereocenters. The third-order valence-corrected chi connectivity index (χ3v) is 3.92. The fourth-order valence-corrected chi connectivity index (χ4v) is 2.85. The number of nitrogens with zero attached hydrogens (tertiary/aromatic N) is 1. The number of nitriles is 1. The Hall–Kier alpha value is -1.45. The first kappa shape index (κ1) is 14.0. The highest BCUT2D eigenvalue weighted by atomic mass is 32.1. The molecule has 0 aromatic carbocycles. The van der Waals surface area contributed by atoms with Gasteiger partial charge in [0.1, 0.15) is 21.6 Å². The summed E-state index contributed by atoms with van der Waals surface area (Å²) in [6.07, 6.45) is 2.43. The lowest BCUT2D eigenvalue weighted by molar-refractivity contribution is 0.120. The van der Waals surface area contributed by atoms with E-state index < -0.39 is 0 Å². The predicted molar refractivity (Wildman–Crippen MR) is 76.7 cm³/mol. The molecule has 0 saturated carbocycles. The molecule has 0 radical (unpaired) electrons. The van der Waals surface area contributed by atoms with Crippen molar-refractivity contribution in [1.82, 2.24) is 0 Å². The van der Waals surface area contributed by atoms with Gasteiger partial charge in [0.15, 0.2) is 5.75 Å². The van der Waals surface area contributed by atoms with Crippen LogP contribution in [0.3, 0.4) is 0 Å². The standard InChI is InChI=1S/C13H19N3O2S/c1-8(2)18-12-11(15)10(6-14)19-13(12)16-7-9-4-3-5-17-9/h8-9,16H,3-5,7,15H2,1-2H3. The number of anilines is 2. The molecule has 0 bridgehead atoms. The summed E-state index contributed by atoms with van der Waals surface area (Å²) in [6, 6.07) is 2.10. The molecule has 1 aromatic heterocycles. The maximum absolute atomic E-state index is 9.04. The molecule has 3 N–H and O–H groups in total. The molecule has 19 heavy (non-hydrogen) atoms. The van der Waals surface area contributed by atoms with Crippen LogP contribution in [-0.4, -0.2) is 25.4 Å². The fourth-order valence-electron chi connectivity index (χ4n) is 1.99. The summed E-state index contributed by atoms with van der Waals surface area (Å²) in [7, 11) is 0. The van der Waals surface area contributed by atoms with E-state index in [-0.39, 0.29) is 12.2 Å². The first-order chi connectivity index (χ1) is 9.11. The topological polar surface area (TPSA) is 80.3 Å². The minimum absolute atomic E-state index is 0.0201. The zero-order chi connectivity index (χ0) is 13.8. The molecule has 1 aliphatic rings. The summed E-state index contributed by atoms with van der Waals surface area (Å²) in [5, 5.41) is 13.2. The minimum atomic E-state index is 0.0201. The maximum Gasteiger partial charge on any atom is 0.178 e. The highest BCUT2D eigenvalue weighted by molar-refractivity contribution is 7.17. The lowest BCUT2D eigenvalue weighted by atomic mass is 10.2. The van der Waals surface area contributed by atoms with Gasteiger partial charge in [0, 0.05) is 13.2 Å². The molecule has 1 aliphatic heterocycles. The Morgan fingerprint density at radius 3 is 3.00 bits per heavy atom. The second kappa shape index (κ2) is 6.13. The summed E-state index contributed by atoms with van der Waals surface area (Å²) in [5.41, 5.74) is 6.37.